The Balaban J connectivity index is 1.59. The summed E-state index contributed by atoms with van der Waals surface area (Å²) in [6.45, 7) is 2.60. The van der Waals surface area contributed by atoms with E-state index in [0.29, 0.717) is 12.3 Å². The van der Waals surface area contributed by atoms with Crippen LogP contribution in [0.25, 0.3) is 0 Å². The molecule has 0 radical (unpaired) electrons. The summed E-state index contributed by atoms with van der Waals surface area (Å²) in [5, 5.41) is 16.7. The molecule has 2 N–H and O–H groups in total. The molecule has 0 fully saturated rings. The molecule has 4 heterocycles. The molecule has 1 unspecified atom stereocenters. The van der Waals surface area contributed by atoms with Gasteiger partial charge < -0.3 is 10.5 Å². The predicted molar refractivity (Wildman–Crippen MR) is 118 cm³/mol. The van der Waals surface area contributed by atoms with Gasteiger partial charge in [0.05, 0.1) is 6.04 Å². The molecule has 0 spiro atoms. The molecule has 4 aromatic heterocycles. The van der Waals surface area contributed by atoms with Gasteiger partial charge in [-0.15, -0.1) is 0 Å². The van der Waals surface area contributed by atoms with Crippen LogP contribution in [0, 0.1) is 6.92 Å². The van der Waals surface area contributed by atoms with Crippen molar-refractivity contribution in [1.82, 2.24) is 25.3 Å². The number of hydrogen-bond donors (Lipinski definition) is 2. The number of nitrogens with zero attached hydrogens (tertiary/aromatic N) is 5. The van der Waals surface area contributed by atoms with Crippen molar-refractivity contribution in [2.45, 2.75) is 19.5 Å². The van der Waals surface area contributed by atoms with E-state index in [4.69, 9.17) is 0 Å². The molecular formula is C24H22N6O. The van der Waals surface area contributed by atoms with Gasteiger partial charge in [0.15, 0.2) is 0 Å². The molecule has 154 valence electrons. The van der Waals surface area contributed by atoms with E-state index >= 15 is 0 Å². The van der Waals surface area contributed by atoms with Crippen LogP contribution < -0.4 is 5.32 Å². The van der Waals surface area contributed by atoms with E-state index in [9.17, 15) is 5.21 Å². The fraction of sp³-hybridized carbons (Fsp3) is 0.125. The van der Waals surface area contributed by atoms with Crippen LogP contribution in [0.3, 0.4) is 0 Å². The number of oxime groups is 1. The first kappa shape index (κ1) is 20.3. The zero-order chi connectivity index (χ0) is 21.5. The fourth-order valence-corrected chi connectivity index (χ4v) is 3.45. The van der Waals surface area contributed by atoms with Gasteiger partial charge in [0, 0.05) is 67.2 Å². The zero-order valence-electron chi connectivity index (χ0n) is 17.1. The van der Waals surface area contributed by atoms with Gasteiger partial charge in [0.1, 0.15) is 5.71 Å². The minimum absolute atomic E-state index is 0.0507. The Morgan fingerprint density at radius 2 is 1.55 bits per heavy atom. The third-order valence-electron chi connectivity index (χ3n) is 4.90. The molecule has 0 saturated carbocycles. The van der Waals surface area contributed by atoms with Crippen LogP contribution >= 0.6 is 0 Å². The number of nitrogens with one attached hydrogen (secondary N) is 1. The molecule has 1 atom stereocenters. The molecule has 31 heavy (non-hydrogen) atoms. The van der Waals surface area contributed by atoms with Crippen molar-refractivity contribution in [3.63, 3.8) is 0 Å². The van der Waals surface area contributed by atoms with Crippen LogP contribution in [-0.2, 0) is 6.54 Å². The van der Waals surface area contributed by atoms with Gasteiger partial charge in [0.25, 0.3) is 0 Å². The highest BCUT2D eigenvalue weighted by atomic mass is 16.4. The summed E-state index contributed by atoms with van der Waals surface area (Å²) in [7, 11) is 0. The lowest BCUT2D eigenvalue weighted by molar-refractivity contribution is 0.319. The minimum Gasteiger partial charge on any atom is -0.410 e. The van der Waals surface area contributed by atoms with Gasteiger partial charge >= 0.3 is 0 Å². The van der Waals surface area contributed by atoms with Crippen LogP contribution in [-0.4, -0.2) is 30.9 Å². The molecule has 0 aliphatic heterocycles. The van der Waals surface area contributed by atoms with E-state index in [-0.39, 0.29) is 6.04 Å². The van der Waals surface area contributed by atoms with Crippen LogP contribution in [0.5, 0.6) is 0 Å². The topological polar surface area (TPSA) is 96.2 Å². The lowest BCUT2D eigenvalue weighted by atomic mass is 9.99. The van der Waals surface area contributed by atoms with Gasteiger partial charge in [-0.2, -0.15) is 0 Å². The Kier molecular flexibility index (Phi) is 6.35. The van der Waals surface area contributed by atoms with Gasteiger partial charge in [-0.1, -0.05) is 11.2 Å². The maximum Gasteiger partial charge on any atom is 0.118 e. The van der Waals surface area contributed by atoms with E-state index < -0.39 is 0 Å². The van der Waals surface area contributed by atoms with Crippen LogP contribution in [0.4, 0.5) is 0 Å². The van der Waals surface area contributed by atoms with Crippen molar-refractivity contribution in [1.29, 1.82) is 0 Å². The average Bonchev–Trinajstić information content (AvgIpc) is 2.82. The maximum absolute atomic E-state index is 9.58. The normalized spacial score (nSPS) is 12.5. The molecule has 4 rings (SSSR count). The summed E-state index contributed by atoms with van der Waals surface area (Å²) in [4.78, 5) is 16.8. The average molecular weight is 410 g/mol. The summed E-state index contributed by atoms with van der Waals surface area (Å²) >= 11 is 0. The largest absolute Gasteiger partial charge is 0.410 e. The Hall–Kier alpha value is -3.97. The van der Waals surface area contributed by atoms with Crippen molar-refractivity contribution in [3.8, 4) is 0 Å². The lowest BCUT2D eigenvalue weighted by Gasteiger charge is -2.20. The third kappa shape index (κ3) is 4.96. The summed E-state index contributed by atoms with van der Waals surface area (Å²) in [5.41, 5.74) is 6.18. The molecule has 4 aromatic rings. The van der Waals surface area contributed by atoms with Gasteiger partial charge in [-0.25, -0.2) is 0 Å². The molecule has 0 aromatic carbocycles. The van der Waals surface area contributed by atoms with E-state index in [2.05, 4.69) is 36.5 Å². The van der Waals surface area contributed by atoms with Crippen molar-refractivity contribution < 1.29 is 5.21 Å². The van der Waals surface area contributed by atoms with Gasteiger partial charge in [0.2, 0.25) is 0 Å². The molecule has 0 aliphatic rings. The van der Waals surface area contributed by atoms with E-state index in [1.807, 2.05) is 37.5 Å². The van der Waals surface area contributed by atoms with Crippen molar-refractivity contribution in [2.75, 3.05) is 0 Å². The van der Waals surface area contributed by atoms with Gasteiger partial charge in [-0.05, 0) is 59.5 Å². The Morgan fingerprint density at radius 3 is 2.26 bits per heavy atom. The maximum atomic E-state index is 9.58. The molecular weight excluding hydrogens is 388 g/mol. The van der Waals surface area contributed by atoms with Crippen molar-refractivity contribution in [2.24, 2.45) is 5.16 Å². The monoisotopic (exact) mass is 410 g/mol. The summed E-state index contributed by atoms with van der Waals surface area (Å²) in [6, 6.07) is 11.6. The van der Waals surface area contributed by atoms with E-state index in [1.165, 1.54) is 0 Å². The highest BCUT2D eigenvalue weighted by Gasteiger charge is 2.15. The number of aryl methyl sites for hydroxylation is 1. The van der Waals surface area contributed by atoms with Crippen LogP contribution in [0.2, 0.25) is 0 Å². The third-order valence-corrected chi connectivity index (χ3v) is 4.90. The fourth-order valence-electron chi connectivity index (χ4n) is 3.45. The smallest absolute Gasteiger partial charge is 0.118 e. The predicted octanol–water partition coefficient (Wildman–Crippen LogP) is 3.68. The number of hydrogen-bond acceptors (Lipinski definition) is 7. The molecule has 0 amide bonds. The summed E-state index contributed by atoms with van der Waals surface area (Å²) in [5.74, 6) is 0. The molecule has 7 nitrogen and oxygen atoms in total. The standard InChI is InChI=1S/C24H22N6O/c1-17-10-21(15-27-12-17)23(19-2-6-25-7-3-19)29-14-18-11-22(16-28-13-18)24(30-31)20-4-8-26-9-5-20/h2-13,15-16,23,29,31H,14H2,1H3/b30-24+. The summed E-state index contributed by atoms with van der Waals surface area (Å²) < 4.78 is 0. The SMILES string of the molecule is Cc1cncc(C(NCc2cncc(/C(=N/O)c3ccncc3)c2)c2ccncc2)c1. The highest BCUT2D eigenvalue weighted by Crippen LogP contribution is 2.22. The zero-order valence-corrected chi connectivity index (χ0v) is 17.1. The number of aromatic nitrogens is 4. The number of pyridine rings is 4. The minimum atomic E-state index is -0.0507. The van der Waals surface area contributed by atoms with Crippen molar-refractivity contribution in [3.05, 3.63) is 119 Å². The first-order valence-electron chi connectivity index (χ1n) is 9.86. The van der Waals surface area contributed by atoms with Gasteiger partial charge in [-0.3, -0.25) is 19.9 Å². The second kappa shape index (κ2) is 9.69. The quantitative estimate of drug-likeness (QED) is 0.274. The van der Waals surface area contributed by atoms with Crippen LogP contribution in [0.15, 0.2) is 91.1 Å². The molecule has 0 saturated heterocycles. The number of rotatable bonds is 7. The Morgan fingerprint density at radius 1 is 0.839 bits per heavy atom. The first-order valence-corrected chi connectivity index (χ1v) is 9.86. The summed E-state index contributed by atoms with van der Waals surface area (Å²) in [6.07, 6.45) is 14.1. The Bertz CT molecular complexity index is 1160. The molecule has 0 aliphatic carbocycles. The molecule has 7 heteroatoms. The second-order valence-corrected chi connectivity index (χ2v) is 7.16. The van der Waals surface area contributed by atoms with Crippen molar-refractivity contribution >= 4 is 5.71 Å². The van der Waals surface area contributed by atoms with E-state index in [0.717, 1.165) is 33.4 Å². The second-order valence-electron chi connectivity index (χ2n) is 7.16. The van der Waals surface area contributed by atoms with E-state index in [1.54, 1.807) is 49.3 Å². The van der Waals surface area contributed by atoms with Crippen LogP contribution in [0.1, 0.15) is 39.4 Å². The highest BCUT2D eigenvalue weighted by molar-refractivity contribution is 6.12. The molecule has 0 bridgehead atoms. The lowest BCUT2D eigenvalue weighted by Crippen LogP contribution is -2.22. The first-order chi connectivity index (χ1) is 15.2. The Labute approximate surface area is 180 Å².